The van der Waals surface area contributed by atoms with Crippen molar-refractivity contribution in [3.8, 4) is 16.9 Å². The second-order valence-electron chi connectivity index (χ2n) is 6.76. The van der Waals surface area contributed by atoms with Gasteiger partial charge in [0.05, 0.1) is 18.4 Å². The Hall–Kier alpha value is -3.88. The summed E-state index contributed by atoms with van der Waals surface area (Å²) >= 11 is 0. The van der Waals surface area contributed by atoms with Crippen LogP contribution in [0.1, 0.15) is 21.7 Å². The van der Waals surface area contributed by atoms with E-state index in [1.807, 2.05) is 0 Å². The third-order valence-electron chi connectivity index (χ3n) is 4.74. The maximum atomic E-state index is 14.0. The lowest BCUT2D eigenvalue weighted by molar-refractivity contribution is -0.143. The Labute approximate surface area is 175 Å². The van der Waals surface area contributed by atoms with E-state index in [2.05, 4.69) is 15.4 Å². The summed E-state index contributed by atoms with van der Waals surface area (Å²) < 4.78 is 47.8. The van der Waals surface area contributed by atoms with E-state index in [4.69, 9.17) is 4.74 Å². The number of benzene rings is 2. The second-order valence-corrected chi connectivity index (χ2v) is 6.76. The number of aromatic nitrogens is 3. The van der Waals surface area contributed by atoms with Gasteiger partial charge in [0.25, 0.3) is 5.91 Å². The molecule has 4 rings (SSSR count). The predicted molar refractivity (Wildman–Crippen MR) is 109 cm³/mol. The van der Waals surface area contributed by atoms with Crippen LogP contribution in [0.3, 0.4) is 0 Å². The molecule has 6 nitrogen and oxygen atoms in total. The molecule has 31 heavy (non-hydrogen) atoms. The third kappa shape index (κ3) is 3.81. The molecule has 0 radical (unpaired) electrons. The van der Waals surface area contributed by atoms with Gasteiger partial charge in [-0.1, -0.05) is 30.3 Å². The van der Waals surface area contributed by atoms with E-state index in [0.717, 1.165) is 6.20 Å². The first kappa shape index (κ1) is 20.4. The molecule has 9 heteroatoms. The molecule has 0 fully saturated rings. The van der Waals surface area contributed by atoms with Crippen LogP contribution in [0.25, 0.3) is 16.8 Å². The number of carbonyl (C=O) groups is 1. The Morgan fingerprint density at radius 2 is 1.74 bits per heavy atom. The number of nitrogens with zero attached hydrogens (tertiary/aromatic N) is 3. The average Bonchev–Trinajstić information content (AvgIpc) is 3.08. The maximum Gasteiger partial charge on any atom is 0.434 e. The van der Waals surface area contributed by atoms with E-state index in [-0.39, 0.29) is 5.65 Å². The Morgan fingerprint density at radius 3 is 2.35 bits per heavy atom. The largest absolute Gasteiger partial charge is 0.497 e. The monoisotopic (exact) mass is 426 g/mol. The van der Waals surface area contributed by atoms with Crippen molar-refractivity contribution in [3.05, 3.63) is 77.7 Å². The standard InChI is InChI=1S/C22H17F3N4O2/c1-13-18(14-6-4-3-5-7-14)20-26-12-17(19(22(23,24)25)29(20)28-13)21(30)27-15-8-10-16(31-2)11-9-15/h3-12H,1-2H3,(H,27,30). The van der Waals surface area contributed by atoms with Crippen LogP contribution in [0.2, 0.25) is 0 Å². The Balaban J connectivity index is 1.83. The molecule has 2 heterocycles. The fourth-order valence-electron chi connectivity index (χ4n) is 3.35. The lowest BCUT2D eigenvalue weighted by Gasteiger charge is -2.14. The molecule has 1 N–H and O–H groups in total. The lowest BCUT2D eigenvalue weighted by atomic mass is 10.1. The molecule has 0 unspecified atom stereocenters. The molecule has 158 valence electrons. The summed E-state index contributed by atoms with van der Waals surface area (Å²) in [5.41, 5.74) is 0.0700. The molecule has 2 aromatic carbocycles. The van der Waals surface area contributed by atoms with Gasteiger partial charge in [-0.15, -0.1) is 0 Å². The number of rotatable bonds is 4. The van der Waals surface area contributed by atoms with Crippen molar-refractivity contribution < 1.29 is 22.7 Å². The van der Waals surface area contributed by atoms with E-state index in [0.29, 0.717) is 32.8 Å². The van der Waals surface area contributed by atoms with Gasteiger partial charge in [-0.3, -0.25) is 4.79 Å². The Kier molecular flexibility index (Phi) is 5.10. The molecule has 0 aliphatic carbocycles. The first-order valence-corrected chi connectivity index (χ1v) is 9.26. The molecular formula is C22H17F3N4O2. The van der Waals surface area contributed by atoms with E-state index in [9.17, 15) is 18.0 Å². The minimum absolute atomic E-state index is 0.0250. The van der Waals surface area contributed by atoms with E-state index >= 15 is 0 Å². The zero-order valence-corrected chi connectivity index (χ0v) is 16.6. The van der Waals surface area contributed by atoms with Gasteiger partial charge >= 0.3 is 6.18 Å². The number of carbonyl (C=O) groups excluding carboxylic acids is 1. The minimum Gasteiger partial charge on any atom is -0.497 e. The van der Waals surface area contributed by atoms with Crippen molar-refractivity contribution in [3.63, 3.8) is 0 Å². The fraction of sp³-hybridized carbons (Fsp3) is 0.136. The number of aryl methyl sites for hydroxylation is 1. The summed E-state index contributed by atoms with van der Waals surface area (Å²) in [5.74, 6) is -0.390. The zero-order valence-electron chi connectivity index (χ0n) is 16.6. The molecular weight excluding hydrogens is 409 g/mol. The van der Waals surface area contributed by atoms with Gasteiger partial charge in [0.15, 0.2) is 11.3 Å². The van der Waals surface area contributed by atoms with Gasteiger partial charge in [0.1, 0.15) is 5.75 Å². The lowest BCUT2D eigenvalue weighted by Crippen LogP contribution is -2.23. The number of hydrogen-bond acceptors (Lipinski definition) is 4. The van der Waals surface area contributed by atoms with Gasteiger partial charge < -0.3 is 10.1 Å². The van der Waals surface area contributed by atoms with Crippen LogP contribution in [-0.2, 0) is 6.18 Å². The Bertz CT molecular complexity index is 1250. The highest BCUT2D eigenvalue weighted by Gasteiger charge is 2.40. The van der Waals surface area contributed by atoms with Gasteiger partial charge in [0.2, 0.25) is 0 Å². The van der Waals surface area contributed by atoms with Gasteiger partial charge in [-0.05, 0) is 36.8 Å². The molecule has 0 aliphatic rings. The highest BCUT2D eigenvalue weighted by Crippen LogP contribution is 2.35. The molecule has 1 amide bonds. The van der Waals surface area contributed by atoms with Gasteiger partial charge in [-0.25, -0.2) is 9.50 Å². The number of alkyl halides is 3. The highest BCUT2D eigenvalue weighted by atomic mass is 19.4. The van der Waals surface area contributed by atoms with Crippen molar-refractivity contribution in [2.24, 2.45) is 0 Å². The fourth-order valence-corrected chi connectivity index (χ4v) is 3.35. The molecule has 0 aliphatic heterocycles. The Morgan fingerprint density at radius 1 is 1.06 bits per heavy atom. The number of amides is 1. The normalized spacial score (nSPS) is 11.5. The average molecular weight is 426 g/mol. The van der Waals surface area contributed by atoms with Crippen LogP contribution < -0.4 is 10.1 Å². The molecule has 0 bridgehead atoms. The smallest absolute Gasteiger partial charge is 0.434 e. The topological polar surface area (TPSA) is 68.5 Å². The number of ether oxygens (including phenoxy) is 1. The third-order valence-corrected chi connectivity index (χ3v) is 4.74. The molecule has 0 saturated heterocycles. The maximum absolute atomic E-state index is 14.0. The summed E-state index contributed by atoms with van der Waals surface area (Å²) in [4.78, 5) is 16.9. The molecule has 0 spiro atoms. The van der Waals surface area contributed by atoms with Crippen molar-refractivity contribution in [2.75, 3.05) is 12.4 Å². The number of nitrogens with one attached hydrogen (secondary N) is 1. The van der Waals surface area contributed by atoms with Gasteiger partial charge in [-0.2, -0.15) is 18.3 Å². The van der Waals surface area contributed by atoms with Crippen LogP contribution in [0.15, 0.2) is 60.8 Å². The molecule has 4 aromatic rings. The van der Waals surface area contributed by atoms with Crippen molar-refractivity contribution in [2.45, 2.75) is 13.1 Å². The zero-order chi connectivity index (χ0) is 22.2. The highest BCUT2D eigenvalue weighted by molar-refractivity contribution is 6.05. The summed E-state index contributed by atoms with van der Waals surface area (Å²) in [6.45, 7) is 1.61. The first-order valence-electron chi connectivity index (χ1n) is 9.26. The van der Waals surface area contributed by atoms with Crippen LogP contribution in [0.5, 0.6) is 5.75 Å². The molecule has 0 atom stereocenters. The van der Waals surface area contributed by atoms with E-state index in [1.165, 1.54) is 19.2 Å². The number of anilines is 1. The predicted octanol–water partition coefficient (Wildman–Crippen LogP) is 4.98. The van der Waals surface area contributed by atoms with Crippen molar-refractivity contribution in [1.82, 2.24) is 14.6 Å². The summed E-state index contributed by atoms with van der Waals surface area (Å²) in [6, 6.07) is 15.1. The van der Waals surface area contributed by atoms with E-state index < -0.39 is 23.3 Å². The van der Waals surface area contributed by atoms with E-state index in [1.54, 1.807) is 49.4 Å². The summed E-state index contributed by atoms with van der Waals surface area (Å²) in [6.07, 6.45) is -3.90. The molecule has 2 aromatic heterocycles. The number of hydrogen-bond donors (Lipinski definition) is 1. The van der Waals surface area contributed by atoms with Crippen molar-refractivity contribution >= 4 is 17.2 Å². The number of methoxy groups -OCH3 is 1. The van der Waals surface area contributed by atoms with Gasteiger partial charge in [0, 0.05) is 17.4 Å². The quantitative estimate of drug-likeness (QED) is 0.500. The van der Waals surface area contributed by atoms with Crippen LogP contribution >= 0.6 is 0 Å². The summed E-state index contributed by atoms with van der Waals surface area (Å²) in [5, 5.41) is 6.53. The van der Waals surface area contributed by atoms with Crippen LogP contribution in [0.4, 0.5) is 18.9 Å². The van der Waals surface area contributed by atoms with Crippen molar-refractivity contribution in [1.29, 1.82) is 0 Å². The van der Waals surface area contributed by atoms with Crippen LogP contribution in [-0.4, -0.2) is 27.6 Å². The van der Waals surface area contributed by atoms with Crippen LogP contribution in [0, 0.1) is 6.92 Å². The molecule has 0 saturated carbocycles. The number of halogens is 3. The SMILES string of the molecule is COc1ccc(NC(=O)c2cnc3c(-c4ccccc4)c(C)nn3c2C(F)(F)F)cc1. The summed E-state index contributed by atoms with van der Waals surface area (Å²) in [7, 11) is 1.49. The number of fused-ring (bicyclic) bond motifs is 1. The second kappa shape index (κ2) is 7.75. The minimum atomic E-state index is -4.83. The first-order chi connectivity index (χ1) is 14.8.